The topological polar surface area (TPSA) is 134 Å². The van der Waals surface area contributed by atoms with Crippen LogP contribution < -0.4 is 14.8 Å². The summed E-state index contributed by atoms with van der Waals surface area (Å²) in [7, 11) is 1.61. The molecule has 3 aromatic rings. The van der Waals surface area contributed by atoms with Gasteiger partial charge in [-0.05, 0) is 79.8 Å². The van der Waals surface area contributed by atoms with Crippen molar-refractivity contribution in [1.29, 1.82) is 0 Å². The average molecular weight is 558 g/mol. The number of carbonyl (C=O) groups excluding carboxylic acids is 4. The van der Waals surface area contributed by atoms with Crippen molar-refractivity contribution in [1.82, 2.24) is 25.3 Å². The van der Waals surface area contributed by atoms with E-state index < -0.39 is 11.9 Å². The highest BCUT2D eigenvalue weighted by Gasteiger charge is 2.39. The summed E-state index contributed by atoms with van der Waals surface area (Å²) in [5.41, 5.74) is 3.29. The van der Waals surface area contributed by atoms with Gasteiger partial charge < -0.3 is 19.3 Å². The molecule has 11 nitrogen and oxygen atoms in total. The van der Waals surface area contributed by atoms with Gasteiger partial charge in [0.1, 0.15) is 29.8 Å². The summed E-state index contributed by atoms with van der Waals surface area (Å²) in [6.45, 7) is 1.22. The van der Waals surface area contributed by atoms with Crippen molar-refractivity contribution in [2.24, 2.45) is 0 Å². The first-order valence-corrected chi connectivity index (χ1v) is 13.8. The van der Waals surface area contributed by atoms with Gasteiger partial charge in [-0.25, -0.2) is 0 Å². The molecule has 4 heterocycles. The molecule has 0 aliphatic carbocycles. The summed E-state index contributed by atoms with van der Waals surface area (Å²) in [5.74, 6) is 0.255. The number of imide groups is 1. The Balaban J connectivity index is 1.11. The van der Waals surface area contributed by atoms with Crippen molar-refractivity contribution in [3.8, 4) is 22.8 Å². The molecule has 0 spiro atoms. The summed E-state index contributed by atoms with van der Waals surface area (Å²) in [4.78, 5) is 53.7. The van der Waals surface area contributed by atoms with E-state index in [4.69, 9.17) is 9.47 Å². The molecule has 2 atom stereocenters. The third-order valence-electron chi connectivity index (χ3n) is 8.02. The minimum Gasteiger partial charge on any atom is -0.497 e. The molecule has 41 heavy (non-hydrogen) atoms. The second-order valence-electron chi connectivity index (χ2n) is 10.6. The van der Waals surface area contributed by atoms with Crippen molar-refractivity contribution in [3.63, 3.8) is 0 Å². The van der Waals surface area contributed by atoms with E-state index >= 15 is 0 Å². The highest BCUT2D eigenvalue weighted by Crippen LogP contribution is 2.31. The monoisotopic (exact) mass is 557 g/mol. The van der Waals surface area contributed by atoms with Crippen molar-refractivity contribution >= 4 is 23.6 Å². The van der Waals surface area contributed by atoms with E-state index in [1.807, 2.05) is 35.2 Å². The summed E-state index contributed by atoms with van der Waals surface area (Å²) in [6.07, 6.45) is 3.26. The van der Waals surface area contributed by atoms with E-state index in [9.17, 15) is 19.2 Å². The minimum absolute atomic E-state index is 0.112. The van der Waals surface area contributed by atoms with Gasteiger partial charge in [0.25, 0.3) is 11.8 Å². The number of hydrogen-bond acceptors (Lipinski definition) is 7. The molecule has 4 amide bonds. The molecular weight excluding hydrogens is 526 g/mol. The Morgan fingerprint density at radius 2 is 1.83 bits per heavy atom. The summed E-state index contributed by atoms with van der Waals surface area (Å²) >= 11 is 0. The zero-order chi connectivity index (χ0) is 28.5. The number of hydrogen-bond donors (Lipinski definition) is 2. The van der Waals surface area contributed by atoms with Gasteiger partial charge in [0.2, 0.25) is 11.8 Å². The normalized spacial score (nSPS) is 20.6. The molecule has 3 aliphatic heterocycles. The minimum atomic E-state index is -0.661. The van der Waals surface area contributed by atoms with Gasteiger partial charge in [-0.2, -0.15) is 5.10 Å². The molecule has 2 aromatic carbocycles. The van der Waals surface area contributed by atoms with Gasteiger partial charge in [0, 0.05) is 30.6 Å². The van der Waals surface area contributed by atoms with Crippen molar-refractivity contribution in [2.75, 3.05) is 20.3 Å². The highest BCUT2D eigenvalue weighted by molar-refractivity contribution is 6.05. The maximum atomic E-state index is 13.5. The molecule has 1 aromatic heterocycles. The lowest BCUT2D eigenvalue weighted by molar-refractivity contribution is -0.136. The van der Waals surface area contributed by atoms with Crippen LogP contribution >= 0.6 is 0 Å². The molecular formula is C30H31N5O6. The molecule has 6 rings (SSSR count). The van der Waals surface area contributed by atoms with Gasteiger partial charge >= 0.3 is 0 Å². The average Bonchev–Trinajstić information content (AvgIpc) is 3.61. The molecule has 2 saturated heterocycles. The number of aromatic amines is 1. The van der Waals surface area contributed by atoms with Crippen LogP contribution in [0.15, 0.2) is 48.5 Å². The molecule has 0 saturated carbocycles. The van der Waals surface area contributed by atoms with Crippen LogP contribution in [0.5, 0.6) is 11.5 Å². The summed E-state index contributed by atoms with van der Waals surface area (Å²) < 4.78 is 11.4. The molecule has 212 valence electrons. The number of fused-ring (bicyclic) bond motifs is 1. The maximum absolute atomic E-state index is 13.5. The van der Waals surface area contributed by atoms with Gasteiger partial charge in [0.05, 0.1) is 18.8 Å². The molecule has 0 radical (unpaired) electrons. The third-order valence-corrected chi connectivity index (χ3v) is 8.02. The Bertz CT molecular complexity index is 1500. The number of rotatable bonds is 7. The van der Waals surface area contributed by atoms with Crippen LogP contribution in [0.25, 0.3) is 11.3 Å². The van der Waals surface area contributed by atoms with Crippen LogP contribution in [-0.2, 0) is 16.1 Å². The first-order chi connectivity index (χ1) is 19.9. The SMILES string of the molecule is COc1ccc(-c2cc(C(=O)N3CCCC[C@@H]3COc3ccc4c(c3)CN(C3CCC(=O)NC3=O)C4=O)[nH]n2)cc1. The third kappa shape index (κ3) is 5.27. The van der Waals surface area contributed by atoms with E-state index in [2.05, 4.69) is 15.5 Å². The number of benzene rings is 2. The van der Waals surface area contributed by atoms with E-state index in [0.717, 1.165) is 36.1 Å². The van der Waals surface area contributed by atoms with Crippen molar-refractivity contribution < 1.29 is 28.7 Å². The predicted octanol–water partition coefficient (Wildman–Crippen LogP) is 2.92. The van der Waals surface area contributed by atoms with Crippen LogP contribution in [0.1, 0.15) is 58.5 Å². The van der Waals surface area contributed by atoms with E-state index in [1.54, 1.807) is 25.3 Å². The van der Waals surface area contributed by atoms with Crippen LogP contribution in [0.3, 0.4) is 0 Å². The second-order valence-corrected chi connectivity index (χ2v) is 10.6. The smallest absolute Gasteiger partial charge is 0.272 e. The second kappa shape index (κ2) is 11.1. The van der Waals surface area contributed by atoms with Crippen LogP contribution in [0.2, 0.25) is 0 Å². The number of aromatic nitrogens is 2. The fraction of sp³-hybridized carbons (Fsp3) is 0.367. The molecule has 3 aliphatic rings. The Hall–Kier alpha value is -4.67. The number of amides is 4. The fourth-order valence-electron chi connectivity index (χ4n) is 5.77. The Kier molecular flexibility index (Phi) is 7.17. The first-order valence-electron chi connectivity index (χ1n) is 13.8. The van der Waals surface area contributed by atoms with Crippen LogP contribution in [-0.4, -0.2) is 76.0 Å². The Morgan fingerprint density at radius 1 is 1.02 bits per heavy atom. The lowest BCUT2D eigenvalue weighted by Gasteiger charge is -2.35. The van der Waals surface area contributed by atoms with Crippen molar-refractivity contribution in [3.05, 3.63) is 65.4 Å². The zero-order valence-corrected chi connectivity index (χ0v) is 22.7. The van der Waals surface area contributed by atoms with E-state index in [1.165, 1.54) is 4.90 Å². The highest BCUT2D eigenvalue weighted by atomic mass is 16.5. The Morgan fingerprint density at radius 3 is 2.61 bits per heavy atom. The quantitative estimate of drug-likeness (QED) is 0.427. The molecule has 1 unspecified atom stereocenters. The summed E-state index contributed by atoms with van der Waals surface area (Å²) in [6, 6.07) is 13.8. The van der Waals surface area contributed by atoms with Crippen LogP contribution in [0.4, 0.5) is 0 Å². The maximum Gasteiger partial charge on any atom is 0.272 e. The standard InChI is InChI=1S/C30H31N5O6/c1-40-21-7-5-18(6-8-21)24-15-25(33-32-24)30(39)34-13-3-2-4-20(34)17-41-22-9-10-23-19(14-22)16-35(29(23)38)26-11-12-27(36)31-28(26)37/h5-10,14-15,20,26H,2-4,11-13,16-17H2,1H3,(H,32,33)(H,31,36,37)/t20-,26?/m1/s1. The van der Waals surface area contributed by atoms with Gasteiger partial charge in [0.15, 0.2) is 0 Å². The number of nitrogens with one attached hydrogen (secondary N) is 2. The number of methoxy groups -OCH3 is 1. The molecule has 11 heteroatoms. The number of nitrogens with zero attached hydrogens (tertiary/aromatic N) is 3. The van der Waals surface area contributed by atoms with Crippen molar-refractivity contribution in [2.45, 2.75) is 50.7 Å². The van der Waals surface area contributed by atoms with E-state index in [0.29, 0.717) is 42.3 Å². The molecule has 2 N–H and O–H groups in total. The number of H-pyrrole nitrogens is 1. The summed E-state index contributed by atoms with van der Waals surface area (Å²) in [5, 5.41) is 9.56. The molecule has 0 bridgehead atoms. The van der Waals surface area contributed by atoms with Gasteiger partial charge in [-0.1, -0.05) is 0 Å². The number of piperidine rings is 2. The largest absolute Gasteiger partial charge is 0.497 e. The zero-order valence-electron chi connectivity index (χ0n) is 22.7. The fourth-order valence-corrected chi connectivity index (χ4v) is 5.77. The first kappa shape index (κ1) is 26.5. The molecule has 2 fully saturated rings. The van der Waals surface area contributed by atoms with Gasteiger partial charge in [-0.15, -0.1) is 0 Å². The number of carbonyl (C=O) groups is 4. The number of likely N-dealkylation sites (tertiary alicyclic amines) is 1. The predicted molar refractivity (Wildman–Crippen MR) is 147 cm³/mol. The van der Waals surface area contributed by atoms with Gasteiger partial charge in [-0.3, -0.25) is 29.6 Å². The number of ether oxygens (including phenoxy) is 2. The lowest BCUT2D eigenvalue weighted by Crippen LogP contribution is -2.52. The Labute approximate surface area is 236 Å². The lowest BCUT2D eigenvalue weighted by atomic mass is 10.0. The van der Waals surface area contributed by atoms with Crippen LogP contribution in [0, 0.1) is 0 Å². The van der Waals surface area contributed by atoms with E-state index in [-0.39, 0.29) is 36.7 Å².